The summed E-state index contributed by atoms with van der Waals surface area (Å²) in [5.41, 5.74) is 3.56. The molecule has 0 bridgehead atoms. The Morgan fingerprint density at radius 2 is 1.96 bits per heavy atom. The number of benzene rings is 1. The van der Waals surface area contributed by atoms with E-state index in [0.717, 1.165) is 36.1 Å². The second-order valence-electron chi connectivity index (χ2n) is 5.84. The van der Waals surface area contributed by atoms with Crippen LogP contribution in [0.15, 0.2) is 63.3 Å². The maximum atomic E-state index is 13.8. The molecule has 0 unspecified atom stereocenters. The van der Waals surface area contributed by atoms with Gasteiger partial charge in [-0.25, -0.2) is 9.38 Å². The van der Waals surface area contributed by atoms with Gasteiger partial charge in [0.1, 0.15) is 12.5 Å². The molecule has 0 aliphatic heterocycles. The monoisotopic (exact) mass is 375 g/mol. The van der Waals surface area contributed by atoms with E-state index < -0.39 is 6.67 Å². The lowest BCUT2D eigenvalue weighted by molar-refractivity contribution is 0.553. The van der Waals surface area contributed by atoms with Crippen LogP contribution in [0.1, 0.15) is 37.8 Å². The number of allylic oxidation sites excluding steroid dienone is 4. The third kappa shape index (κ3) is 5.95. The number of nitrogens with one attached hydrogen (secondary N) is 1. The second-order valence-corrected chi connectivity index (χ2v) is 6.24. The summed E-state index contributed by atoms with van der Waals surface area (Å²) in [5.74, 6) is 0.440. The van der Waals surface area contributed by atoms with E-state index in [2.05, 4.69) is 35.5 Å². The number of unbranched alkanes of at least 4 members (excludes halogenated alkanes) is 1. The summed E-state index contributed by atoms with van der Waals surface area (Å²) in [6.45, 7) is 11.6. The fraction of sp³-hybridized carbons (Fsp3) is 0.333. The van der Waals surface area contributed by atoms with Crippen LogP contribution in [0, 0.1) is 0 Å². The van der Waals surface area contributed by atoms with Crippen molar-refractivity contribution in [1.82, 2.24) is 5.32 Å². The van der Waals surface area contributed by atoms with Gasteiger partial charge in [0.05, 0.1) is 10.7 Å². The zero-order chi connectivity index (χ0) is 19.5. The van der Waals surface area contributed by atoms with Gasteiger partial charge in [0, 0.05) is 24.7 Å². The van der Waals surface area contributed by atoms with Crippen LogP contribution in [0.4, 0.5) is 4.39 Å². The van der Waals surface area contributed by atoms with Gasteiger partial charge in [-0.05, 0) is 31.7 Å². The summed E-state index contributed by atoms with van der Waals surface area (Å²) in [4.78, 5) is 8.22. The van der Waals surface area contributed by atoms with Crippen molar-refractivity contribution in [3.8, 4) is 0 Å². The molecule has 0 spiro atoms. The Morgan fingerprint density at radius 1 is 1.31 bits per heavy atom. The van der Waals surface area contributed by atoms with Crippen molar-refractivity contribution in [3.05, 3.63) is 64.5 Å². The molecule has 0 aromatic heterocycles. The van der Waals surface area contributed by atoms with Gasteiger partial charge < -0.3 is 5.32 Å². The highest BCUT2D eigenvalue weighted by Gasteiger charge is 2.15. The first kappa shape index (κ1) is 21.8. The molecule has 140 valence electrons. The largest absolute Gasteiger partial charge is 0.369 e. The predicted molar refractivity (Wildman–Crippen MR) is 113 cm³/mol. The Kier molecular flexibility index (Phi) is 9.60. The van der Waals surface area contributed by atoms with Crippen molar-refractivity contribution in [1.29, 1.82) is 0 Å². The zero-order valence-electron chi connectivity index (χ0n) is 15.8. The van der Waals surface area contributed by atoms with E-state index in [4.69, 9.17) is 11.6 Å². The standard InChI is InChI=1S/C21H27ClFN3/c1-6-7-12-26-21(25-5)19(22)13-16(14-23)20(24-4)18-11-9-8-10-17(18)15(2)3/h8-11,13,26H,2,5-7,12,14H2,1,3-4H3/b16-13+,21-19-,24-20-. The molecule has 0 aliphatic carbocycles. The number of halogens is 2. The highest BCUT2D eigenvalue weighted by atomic mass is 35.5. The summed E-state index contributed by atoms with van der Waals surface area (Å²) >= 11 is 6.36. The SMILES string of the molecule is C=N\C(NCCCC)=C(Cl)/C=C(CF)/C(=N/C)c1ccccc1C(=C)C. The van der Waals surface area contributed by atoms with E-state index in [9.17, 15) is 4.39 Å². The predicted octanol–water partition coefficient (Wildman–Crippen LogP) is 5.53. The van der Waals surface area contributed by atoms with Crippen LogP contribution in [-0.2, 0) is 0 Å². The molecule has 26 heavy (non-hydrogen) atoms. The Hall–Kier alpha value is -2.20. The molecule has 0 radical (unpaired) electrons. The number of hydrogen-bond acceptors (Lipinski definition) is 3. The Bertz CT molecular complexity index is 733. The van der Waals surface area contributed by atoms with Crippen LogP contribution < -0.4 is 5.32 Å². The number of alkyl halides is 1. The van der Waals surface area contributed by atoms with Gasteiger partial charge >= 0.3 is 0 Å². The van der Waals surface area contributed by atoms with E-state index in [0.29, 0.717) is 22.1 Å². The fourth-order valence-corrected chi connectivity index (χ4v) is 2.75. The number of nitrogens with zero attached hydrogens (tertiary/aromatic N) is 2. The highest BCUT2D eigenvalue weighted by Crippen LogP contribution is 2.23. The molecule has 1 aromatic carbocycles. The van der Waals surface area contributed by atoms with Crippen molar-refractivity contribution in [2.45, 2.75) is 26.7 Å². The minimum absolute atomic E-state index is 0.303. The number of hydrogen-bond donors (Lipinski definition) is 1. The van der Waals surface area contributed by atoms with Crippen LogP contribution in [0.3, 0.4) is 0 Å². The van der Waals surface area contributed by atoms with E-state index in [1.165, 1.54) is 0 Å². The minimum atomic E-state index is -0.702. The average molecular weight is 376 g/mol. The molecule has 3 nitrogen and oxygen atoms in total. The first-order chi connectivity index (χ1) is 12.5. The van der Waals surface area contributed by atoms with Gasteiger partial charge in [-0.2, -0.15) is 0 Å². The molecule has 1 rings (SSSR count). The van der Waals surface area contributed by atoms with E-state index in [-0.39, 0.29) is 0 Å². The molecule has 0 heterocycles. The van der Waals surface area contributed by atoms with Gasteiger partial charge in [0.2, 0.25) is 0 Å². The topological polar surface area (TPSA) is 36.8 Å². The molecule has 0 atom stereocenters. The first-order valence-corrected chi connectivity index (χ1v) is 8.97. The molecule has 0 saturated heterocycles. The lowest BCUT2D eigenvalue weighted by atomic mass is 9.94. The summed E-state index contributed by atoms with van der Waals surface area (Å²) in [7, 11) is 1.64. The third-order valence-corrected chi connectivity index (χ3v) is 4.11. The summed E-state index contributed by atoms with van der Waals surface area (Å²) in [5, 5.41) is 3.43. The van der Waals surface area contributed by atoms with E-state index >= 15 is 0 Å². The van der Waals surface area contributed by atoms with Gasteiger partial charge in [0.15, 0.2) is 0 Å². The normalized spacial score (nSPS) is 13.3. The summed E-state index contributed by atoms with van der Waals surface area (Å²) in [6, 6.07) is 7.66. The van der Waals surface area contributed by atoms with Crippen molar-refractivity contribution >= 4 is 29.6 Å². The van der Waals surface area contributed by atoms with Gasteiger partial charge in [0.25, 0.3) is 0 Å². The first-order valence-electron chi connectivity index (χ1n) is 8.59. The summed E-state index contributed by atoms with van der Waals surface area (Å²) < 4.78 is 13.8. The quantitative estimate of drug-likeness (QED) is 0.325. The molecule has 0 aliphatic rings. The zero-order valence-corrected chi connectivity index (χ0v) is 16.5. The number of aliphatic imine (C=N–C) groups is 2. The molecule has 0 fully saturated rings. The van der Waals surface area contributed by atoms with Gasteiger partial charge in [-0.1, -0.05) is 61.4 Å². The van der Waals surface area contributed by atoms with Crippen LogP contribution in [0.2, 0.25) is 0 Å². The average Bonchev–Trinajstić information content (AvgIpc) is 2.65. The van der Waals surface area contributed by atoms with Crippen LogP contribution in [0.5, 0.6) is 0 Å². The molecule has 1 N–H and O–H groups in total. The van der Waals surface area contributed by atoms with Crippen molar-refractivity contribution in [2.24, 2.45) is 9.98 Å². The Labute approximate surface area is 161 Å². The van der Waals surface area contributed by atoms with Crippen LogP contribution in [-0.4, -0.2) is 32.7 Å². The van der Waals surface area contributed by atoms with Gasteiger partial charge in [-0.3, -0.25) is 4.99 Å². The van der Waals surface area contributed by atoms with E-state index in [1.54, 1.807) is 13.1 Å². The maximum Gasteiger partial charge on any atom is 0.144 e. The third-order valence-electron chi connectivity index (χ3n) is 3.82. The Balaban J connectivity index is 3.32. The second kappa shape index (κ2) is 11.4. The fourth-order valence-electron chi connectivity index (χ4n) is 2.49. The minimum Gasteiger partial charge on any atom is -0.369 e. The van der Waals surface area contributed by atoms with Crippen molar-refractivity contribution < 1.29 is 4.39 Å². The molecule has 1 aromatic rings. The highest BCUT2D eigenvalue weighted by molar-refractivity contribution is 6.32. The van der Waals surface area contributed by atoms with Crippen LogP contribution >= 0.6 is 11.6 Å². The summed E-state index contributed by atoms with van der Waals surface area (Å²) in [6.07, 6.45) is 3.59. The molecule has 0 saturated carbocycles. The van der Waals surface area contributed by atoms with Crippen molar-refractivity contribution in [3.63, 3.8) is 0 Å². The lowest BCUT2D eigenvalue weighted by Gasteiger charge is -2.14. The molecule has 0 amide bonds. The smallest absolute Gasteiger partial charge is 0.144 e. The van der Waals surface area contributed by atoms with Gasteiger partial charge in [-0.15, -0.1) is 0 Å². The molecule has 5 heteroatoms. The molecular weight excluding hydrogens is 349 g/mol. The maximum absolute atomic E-state index is 13.8. The van der Waals surface area contributed by atoms with Crippen LogP contribution in [0.25, 0.3) is 5.57 Å². The molecular formula is C21H27ClFN3. The van der Waals surface area contributed by atoms with Crippen molar-refractivity contribution in [2.75, 3.05) is 20.3 Å². The Morgan fingerprint density at radius 3 is 2.46 bits per heavy atom. The lowest BCUT2D eigenvalue weighted by Crippen LogP contribution is -2.15. The number of rotatable bonds is 10. The van der Waals surface area contributed by atoms with E-state index in [1.807, 2.05) is 31.2 Å².